The molecule has 0 aliphatic heterocycles. The van der Waals surface area contributed by atoms with Crippen LogP contribution in [0.2, 0.25) is 0 Å². The lowest BCUT2D eigenvalue weighted by Crippen LogP contribution is -2.32. The highest BCUT2D eigenvalue weighted by atomic mass is 16.5. The summed E-state index contributed by atoms with van der Waals surface area (Å²) < 4.78 is 5.93. The molecule has 3 N–H and O–H groups in total. The highest BCUT2D eigenvalue weighted by Crippen LogP contribution is 2.29. The first-order valence-electron chi connectivity index (χ1n) is 15.8. The van der Waals surface area contributed by atoms with Gasteiger partial charge in [-0.2, -0.15) is 0 Å². The number of para-hydroxylation sites is 2. The number of anilines is 2. The highest BCUT2D eigenvalue weighted by Gasteiger charge is 2.24. The molecule has 1 saturated carbocycles. The van der Waals surface area contributed by atoms with Crippen molar-refractivity contribution in [3.63, 3.8) is 0 Å². The molecule has 1 atom stereocenters. The molecule has 45 heavy (non-hydrogen) atoms. The zero-order valence-electron chi connectivity index (χ0n) is 25.4. The molecule has 1 aliphatic carbocycles. The predicted octanol–water partition coefficient (Wildman–Crippen LogP) is 7.67. The highest BCUT2D eigenvalue weighted by molar-refractivity contribution is 6.12. The SMILES string of the molecule is O=C(c1ccccc1)c1ccccc1NC(Cc1ccc(OCCCNc2ccccc2C(=O)C2CCCCC2)cc1)C(=O)O. The molecule has 7 nitrogen and oxygen atoms in total. The number of hydrogen-bond acceptors (Lipinski definition) is 6. The Morgan fingerprint density at radius 3 is 2.11 bits per heavy atom. The molecule has 0 saturated heterocycles. The van der Waals surface area contributed by atoms with Crippen molar-refractivity contribution in [2.45, 2.75) is 51.0 Å². The zero-order valence-corrected chi connectivity index (χ0v) is 25.4. The Labute approximate surface area is 264 Å². The summed E-state index contributed by atoms with van der Waals surface area (Å²) in [6.07, 6.45) is 6.43. The number of Topliss-reactive ketones (excluding diaryl/α,β-unsaturated/α-hetero) is 1. The molecule has 4 aromatic rings. The van der Waals surface area contributed by atoms with Gasteiger partial charge >= 0.3 is 5.97 Å². The second-order valence-electron chi connectivity index (χ2n) is 11.5. The van der Waals surface area contributed by atoms with Crippen LogP contribution >= 0.6 is 0 Å². The number of carboxylic acid groups (broad SMARTS) is 1. The fraction of sp³-hybridized carbons (Fsp3) is 0.289. The minimum Gasteiger partial charge on any atom is -0.494 e. The van der Waals surface area contributed by atoms with Crippen molar-refractivity contribution < 1.29 is 24.2 Å². The van der Waals surface area contributed by atoms with Crippen molar-refractivity contribution in [1.82, 2.24) is 0 Å². The minimum atomic E-state index is -1.01. The Balaban J connectivity index is 1.11. The van der Waals surface area contributed by atoms with E-state index in [4.69, 9.17) is 4.74 Å². The third-order valence-corrected chi connectivity index (χ3v) is 8.27. The summed E-state index contributed by atoms with van der Waals surface area (Å²) in [5, 5.41) is 16.5. The number of ketones is 2. The molecule has 4 aromatic carbocycles. The standard InChI is InChI=1S/C38H40N2O5/c41-36(28-12-3-1-4-13-28)31-16-7-9-18-33(31)39-24-11-25-45-30-22-20-27(21-23-30)26-35(38(43)44)40-34-19-10-8-17-32(34)37(42)29-14-5-2-6-15-29/h2,5-10,14-23,28,35,39-40H,1,3-4,11-13,24-26H2,(H,43,44). The van der Waals surface area contributed by atoms with Gasteiger partial charge in [0.1, 0.15) is 11.8 Å². The molecule has 0 bridgehead atoms. The van der Waals surface area contributed by atoms with Crippen LogP contribution in [0.4, 0.5) is 11.4 Å². The van der Waals surface area contributed by atoms with Gasteiger partial charge in [0.25, 0.3) is 0 Å². The molecule has 1 fully saturated rings. The van der Waals surface area contributed by atoms with Crippen molar-refractivity contribution in [2.24, 2.45) is 5.92 Å². The smallest absolute Gasteiger partial charge is 0.326 e. The van der Waals surface area contributed by atoms with Crippen LogP contribution in [0, 0.1) is 5.92 Å². The molecule has 0 amide bonds. The van der Waals surface area contributed by atoms with E-state index in [1.165, 1.54) is 6.42 Å². The van der Waals surface area contributed by atoms with Gasteiger partial charge in [-0.05, 0) is 61.2 Å². The number of nitrogens with one attached hydrogen (secondary N) is 2. The molecular weight excluding hydrogens is 564 g/mol. The number of carbonyl (C=O) groups is 3. The lowest BCUT2D eigenvalue weighted by Gasteiger charge is -2.21. The predicted molar refractivity (Wildman–Crippen MR) is 177 cm³/mol. The number of aliphatic carboxylic acids is 1. The summed E-state index contributed by atoms with van der Waals surface area (Å²) in [6.45, 7) is 1.17. The monoisotopic (exact) mass is 604 g/mol. The Morgan fingerprint density at radius 1 is 0.756 bits per heavy atom. The third-order valence-electron chi connectivity index (χ3n) is 8.27. The van der Waals surface area contributed by atoms with Crippen molar-refractivity contribution in [3.05, 3.63) is 125 Å². The summed E-state index contributed by atoms with van der Waals surface area (Å²) >= 11 is 0. The summed E-state index contributed by atoms with van der Waals surface area (Å²) in [5.74, 6) is -0.0951. The lowest BCUT2D eigenvalue weighted by atomic mass is 9.83. The van der Waals surface area contributed by atoms with Gasteiger partial charge in [0.05, 0.1) is 6.61 Å². The van der Waals surface area contributed by atoms with Crippen LogP contribution in [-0.4, -0.2) is 41.8 Å². The van der Waals surface area contributed by atoms with E-state index >= 15 is 0 Å². The Bertz CT molecular complexity index is 1580. The van der Waals surface area contributed by atoms with Gasteiger partial charge in [0, 0.05) is 46.9 Å². The largest absolute Gasteiger partial charge is 0.494 e. The van der Waals surface area contributed by atoms with E-state index in [1.807, 2.05) is 54.6 Å². The molecule has 1 aliphatic rings. The summed E-state index contributed by atoms with van der Waals surface area (Å²) in [7, 11) is 0. The first-order chi connectivity index (χ1) is 22.0. The molecule has 232 valence electrons. The topological polar surface area (TPSA) is 105 Å². The number of rotatable bonds is 15. The van der Waals surface area contributed by atoms with Gasteiger partial charge in [-0.1, -0.05) is 86.0 Å². The van der Waals surface area contributed by atoms with Crippen molar-refractivity contribution in [3.8, 4) is 5.75 Å². The van der Waals surface area contributed by atoms with Crippen LogP contribution in [-0.2, 0) is 11.2 Å². The minimum absolute atomic E-state index is 0.134. The van der Waals surface area contributed by atoms with Gasteiger partial charge < -0.3 is 20.5 Å². The van der Waals surface area contributed by atoms with Crippen LogP contribution in [0.3, 0.4) is 0 Å². The van der Waals surface area contributed by atoms with E-state index in [1.54, 1.807) is 48.5 Å². The van der Waals surface area contributed by atoms with Gasteiger partial charge in [0.15, 0.2) is 11.6 Å². The second-order valence-corrected chi connectivity index (χ2v) is 11.5. The van der Waals surface area contributed by atoms with Crippen molar-refractivity contribution in [2.75, 3.05) is 23.8 Å². The molecular formula is C38H40N2O5. The van der Waals surface area contributed by atoms with E-state index in [-0.39, 0.29) is 23.9 Å². The number of carbonyl (C=O) groups excluding carboxylic acids is 2. The average Bonchev–Trinajstić information content (AvgIpc) is 3.09. The third kappa shape index (κ3) is 8.60. The molecule has 5 rings (SSSR count). The molecule has 0 aromatic heterocycles. The number of benzene rings is 4. The van der Waals surface area contributed by atoms with E-state index < -0.39 is 12.0 Å². The van der Waals surface area contributed by atoms with Crippen LogP contribution in [0.15, 0.2) is 103 Å². The van der Waals surface area contributed by atoms with Gasteiger partial charge in [-0.15, -0.1) is 0 Å². The van der Waals surface area contributed by atoms with Crippen LogP contribution in [0.25, 0.3) is 0 Å². The Kier molecular flexibility index (Phi) is 11.0. The first kappa shape index (κ1) is 31.5. The van der Waals surface area contributed by atoms with E-state index in [2.05, 4.69) is 10.6 Å². The Morgan fingerprint density at radius 2 is 1.40 bits per heavy atom. The van der Waals surface area contributed by atoms with E-state index in [0.29, 0.717) is 35.7 Å². The second kappa shape index (κ2) is 15.7. The zero-order chi connectivity index (χ0) is 31.4. The van der Waals surface area contributed by atoms with E-state index in [9.17, 15) is 19.5 Å². The van der Waals surface area contributed by atoms with Crippen LogP contribution in [0.1, 0.15) is 70.4 Å². The molecule has 0 heterocycles. The first-order valence-corrected chi connectivity index (χ1v) is 15.8. The van der Waals surface area contributed by atoms with Crippen molar-refractivity contribution in [1.29, 1.82) is 0 Å². The summed E-state index contributed by atoms with van der Waals surface area (Å²) in [6, 6.07) is 30.1. The molecule has 1 unspecified atom stereocenters. The maximum atomic E-state index is 13.1. The normalized spacial score (nSPS) is 13.9. The van der Waals surface area contributed by atoms with Gasteiger partial charge in [0.2, 0.25) is 0 Å². The maximum Gasteiger partial charge on any atom is 0.326 e. The molecule has 0 spiro atoms. The number of hydrogen-bond donors (Lipinski definition) is 3. The Hall–Kier alpha value is -4.91. The van der Waals surface area contributed by atoms with Crippen molar-refractivity contribution >= 4 is 28.9 Å². The van der Waals surface area contributed by atoms with Crippen LogP contribution < -0.4 is 15.4 Å². The van der Waals surface area contributed by atoms with Crippen LogP contribution in [0.5, 0.6) is 5.75 Å². The van der Waals surface area contributed by atoms with Gasteiger partial charge in [-0.25, -0.2) is 4.79 Å². The number of ether oxygens (including phenoxy) is 1. The van der Waals surface area contributed by atoms with E-state index in [0.717, 1.165) is 48.9 Å². The average molecular weight is 605 g/mol. The quantitative estimate of drug-likeness (QED) is 0.0945. The van der Waals surface area contributed by atoms with Gasteiger partial charge in [-0.3, -0.25) is 9.59 Å². The lowest BCUT2D eigenvalue weighted by molar-refractivity contribution is -0.137. The maximum absolute atomic E-state index is 13.1. The summed E-state index contributed by atoms with van der Waals surface area (Å²) in [4.78, 5) is 38.4. The molecule has 7 heteroatoms. The fourth-order valence-corrected chi connectivity index (χ4v) is 5.82. The molecule has 0 radical (unpaired) electrons. The fourth-order valence-electron chi connectivity index (χ4n) is 5.82. The summed E-state index contributed by atoms with van der Waals surface area (Å²) in [5.41, 5.74) is 3.93. The number of carboxylic acids is 1.